The molecule has 96 valence electrons. The lowest BCUT2D eigenvalue weighted by Gasteiger charge is -2.17. The number of anilines is 1. The van der Waals surface area contributed by atoms with Gasteiger partial charge in [-0.2, -0.15) is 0 Å². The SMILES string of the molecule is CC(C)(C)c1nc(N)sc1Cc1ccc(Br)cc1. The number of nitrogen functional groups attached to an aromatic ring is 1. The van der Waals surface area contributed by atoms with Crippen LogP contribution in [0.25, 0.3) is 0 Å². The molecule has 0 saturated carbocycles. The van der Waals surface area contributed by atoms with Gasteiger partial charge in [0.15, 0.2) is 5.13 Å². The molecule has 2 nitrogen and oxygen atoms in total. The maximum Gasteiger partial charge on any atom is 0.180 e. The lowest BCUT2D eigenvalue weighted by Crippen LogP contribution is -2.14. The highest BCUT2D eigenvalue weighted by Crippen LogP contribution is 2.32. The van der Waals surface area contributed by atoms with Gasteiger partial charge in [-0.25, -0.2) is 4.98 Å². The molecular formula is C14H17BrN2S. The molecule has 0 fully saturated rings. The number of aromatic nitrogens is 1. The molecule has 0 unspecified atom stereocenters. The van der Waals surface area contributed by atoms with Crippen LogP contribution >= 0.6 is 27.3 Å². The Balaban J connectivity index is 2.31. The smallest absolute Gasteiger partial charge is 0.180 e. The quantitative estimate of drug-likeness (QED) is 0.890. The van der Waals surface area contributed by atoms with Gasteiger partial charge in [0.2, 0.25) is 0 Å². The molecule has 0 amide bonds. The van der Waals surface area contributed by atoms with Crippen LogP contribution in [0.15, 0.2) is 28.7 Å². The van der Waals surface area contributed by atoms with E-state index in [1.165, 1.54) is 10.4 Å². The van der Waals surface area contributed by atoms with E-state index in [4.69, 9.17) is 5.73 Å². The van der Waals surface area contributed by atoms with E-state index in [0.29, 0.717) is 5.13 Å². The fraction of sp³-hybridized carbons (Fsp3) is 0.357. The first-order chi connectivity index (χ1) is 8.36. The fourth-order valence-corrected chi connectivity index (χ4v) is 3.20. The summed E-state index contributed by atoms with van der Waals surface area (Å²) in [4.78, 5) is 5.75. The topological polar surface area (TPSA) is 38.9 Å². The Morgan fingerprint density at radius 2 is 1.83 bits per heavy atom. The number of halogens is 1. The predicted octanol–water partition coefficient (Wildman–Crippen LogP) is 4.38. The Bertz CT molecular complexity index is 538. The molecule has 18 heavy (non-hydrogen) atoms. The summed E-state index contributed by atoms with van der Waals surface area (Å²) in [6, 6.07) is 8.39. The van der Waals surface area contributed by atoms with E-state index in [2.05, 4.69) is 66.0 Å². The van der Waals surface area contributed by atoms with Crippen LogP contribution in [0.2, 0.25) is 0 Å². The average Bonchev–Trinajstić information content (AvgIpc) is 2.63. The second-order valence-corrected chi connectivity index (χ2v) is 7.41. The van der Waals surface area contributed by atoms with Crippen molar-refractivity contribution >= 4 is 32.4 Å². The first kappa shape index (κ1) is 13.6. The molecule has 1 heterocycles. The van der Waals surface area contributed by atoms with Crippen molar-refractivity contribution in [3.05, 3.63) is 44.9 Å². The van der Waals surface area contributed by atoms with Crippen molar-refractivity contribution in [1.82, 2.24) is 4.98 Å². The number of thiazole rings is 1. The van der Waals surface area contributed by atoms with Crippen LogP contribution in [-0.2, 0) is 11.8 Å². The average molecular weight is 325 g/mol. The van der Waals surface area contributed by atoms with E-state index in [1.54, 1.807) is 11.3 Å². The van der Waals surface area contributed by atoms with E-state index in [1.807, 2.05) is 0 Å². The lowest BCUT2D eigenvalue weighted by molar-refractivity contribution is 0.568. The molecule has 0 aliphatic carbocycles. The summed E-state index contributed by atoms with van der Waals surface area (Å²) < 4.78 is 1.10. The monoisotopic (exact) mass is 324 g/mol. The van der Waals surface area contributed by atoms with Gasteiger partial charge < -0.3 is 5.73 Å². The van der Waals surface area contributed by atoms with Crippen molar-refractivity contribution in [2.24, 2.45) is 0 Å². The maximum atomic E-state index is 5.85. The van der Waals surface area contributed by atoms with Crippen molar-refractivity contribution < 1.29 is 0 Å². The van der Waals surface area contributed by atoms with Crippen LogP contribution in [0.5, 0.6) is 0 Å². The molecule has 0 spiro atoms. The molecule has 0 saturated heterocycles. The molecule has 2 aromatic rings. The summed E-state index contributed by atoms with van der Waals surface area (Å²) in [7, 11) is 0. The van der Waals surface area contributed by atoms with E-state index in [-0.39, 0.29) is 5.41 Å². The molecule has 0 radical (unpaired) electrons. The van der Waals surface area contributed by atoms with Gasteiger partial charge in [0.1, 0.15) is 0 Å². The summed E-state index contributed by atoms with van der Waals surface area (Å²) in [6.07, 6.45) is 0.898. The zero-order valence-electron chi connectivity index (χ0n) is 10.8. The Morgan fingerprint density at radius 1 is 1.22 bits per heavy atom. The van der Waals surface area contributed by atoms with Crippen LogP contribution in [0.3, 0.4) is 0 Å². The zero-order valence-corrected chi connectivity index (χ0v) is 13.2. The van der Waals surface area contributed by atoms with Crippen molar-refractivity contribution in [2.75, 3.05) is 5.73 Å². The molecule has 2 rings (SSSR count). The van der Waals surface area contributed by atoms with Crippen molar-refractivity contribution in [2.45, 2.75) is 32.6 Å². The number of nitrogens with zero attached hydrogens (tertiary/aromatic N) is 1. The third-order valence-corrected chi connectivity index (χ3v) is 4.12. The second kappa shape index (κ2) is 5.02. The molecular weight excluding hydrogens is 308 g/mol. The number of hydrogen-bond donors (Lipinski definition) is 1. The molecule has 4 heteroatoms. The number of rotatable bonds is 2. The van der Waals surface area contributed by atoms with Gasteiger partial charge in [0, 0.05) is 21.2 Å². The first-order valence-corrected chi connectivity index (χ1v) is 7.47. The summed E-state index contributed by atoms with van der Waals surface area (Å²) in [6.45, 7) is 6.52. The van der Waals surface area contributed by atoms with E-state index in [9.17, 15) is 0 Å². The molecule has 0 aliphatic rings. The summed E-state index contributed by atoms with van der Waals surface area (Å²) in [5.41, 5.74) is 8.30. The van der Waals surface area contributed by atoms with E-state index < -0.39 is 0 Å². The highest BCUT2D eigenvalue weighted by atomic mass is 79.9. The fourth-order valence-electron chi connectivity index (χ4n) is 1.86. The van der Waals surface area contributed by atoms with Crippen LogP contribution in [-0.4, -0.2) is 4.98 Å². The predicted molar refractivity (Wildman–Crippen MR) is 82.2 cm³/mol. The summed E-state index contributed by atoms with van der Waals surface area (Å²) in [5.74, 6) is 0. The van der Waals surface area contributed by atoms with Crippen LogP contribution < -0.4 is 5.73 Å². The highest BCUT2D eigenvalue weighted by Gasteiger charge is 2.22. The standard InChI is InChI=1S/C14H17BrN2S/c1-14(2,3)12-11(18-13(16)17-12)8-9-4-6-10(15)7-5-9/h4-7H,8H2,1-3H3,(H2,16,17). The normalized spacial score (nSPS) is 11.8. The summed E-state index contributed by atoms with van der Waals surface area (Å²) >= 11 is 5.05. The van der Waals surface area contributed by atoms with Crippen molar-refractivity contribution in [1.29, 1.82) is 0 Å². The molecule has 0 bridgehead atoms. The third-order valence-electron chi connectivity index (χ3n) is 2.70. The lowest BCUT2D eigenvalue weighted by atomic mass is 9.90. The third kappa shape index (κ3) is 3.12. The molecule has 0 atom stereocenters. The second-order valence-electron chi connectivity index (χ2n) is 5.38. The minimum Gasteiger partial charge on any atom is -0.375 e. The van der Waals surface area contributed by atoms with Gasteiger partial charge in [-0.3, -0.25) is 0 Å². The highest BCUT2D eigenvalue weighted by molar-refractivity contribution is 9.10. The number of benzene rings is 1. The van der Waals surface area contributed by atoms with E-state index in [0.717, 1.165) is 16.6 Å². The van der Waals surface area contributed by atoms with Gasteiger partial charge in [0.25, 0.3) is 0 Å². The van der Waals surface area contributed by atoms with Gasteiger partial charge in [-0.05, 0) is 17.7 Å². The molecule has 1 aromatic carbocycles. The van der Waals surface area contributed by atoms with Crippen molar-refractivity contribution in [3.8, 4) is 0 Å². The Hall–Kier alpha value is -0.870. The Labute approximate surface area is 120 Å². The van der Waals surface area contributed by atoms with Gasteiger partial charge >= 0.3 is 0 Å². The van der Waals surface area contributed by atoms with Crippen molar-refractivity contribution in [3.63, 3.8) is 0 Å². The minimum absolute atomic E-state index is 0.0405. The van der Waals surface area contributed by atoms with E-state index >= 15 is 0 Å². The number of nitrogens with two attached hydrogens (primary N) is 1. The van der Waals surface area contributed by atoms with Gasteiger partial charge in [-0.15, -0.1) is 11.3 Å². The van der Waals surface area contributed by atoms with Crippen LogP contribution in [0, 0.1) is 0 Å². The molecule has 1 aromatic heterocycles. The minimum atomic E-state index is 0.0405. The van der Waals surface area contributed by atoms with Crippen LogP contribution in [0.4, 0.5) is 5.13 Å². The van der Waals surface area contributed by atoms with Gasteiger partial charge in [-0.1, -0.05) is 48.8 Å². The van der Waals surface area contributed by atoms with Crippen LogP contribution in [0.1, 0.15) is 36.9 Å². The first-order valence-electron chi connectivity index (χ1n) is 5.86. The molecule has 2 N–H and O–H groups in total. The maximum absolute atomic E-state index is 5.85. The largest absolute Gasteiger partial charge is 0.375 e. The number of hydrogen-bond acceptors (Lipinski definition) is 3. The Kier molecular flexibility index (Phi) is 3.78. The Morgan fingerprint density at radius 3 is 2.39 bits per heavy atom. The van der Waals surface area contributed by atoms with Gasteiger partial charge in [0.05, 0.1) is 5.69 Å². The summed E-state index contributed by atoms with van der Waals surface area (Å²) in [5, 5.41) is 0.659. The molecule has 0 aliphatic heterocycles. The zero-order chi connectivity index (χ0) is 13.3.